The molecule has 0 aliphatic rings. The van der Waals surface area contributed by atoms with Crippen LogP contribution in [0.5, 0.6) is 5.75 Å². The van der Waals surface area contributed by atoms with Gasteiger partial charge in [0.1, 0.15) is 0 Å². The number of hydrazine groups is 1. The van der Waals surface area contributed by atoms with E-state index >= 15 is 0 Å². The molecule has 5 nitrogen and oxygen atoms in total. The second kappa shape index (κ2) is 7.21. The second-order valence-electron chi connectivity index (χ2n) is 4.59. The molecule has 0 aromatic heterocycles. The molecule has 2 N–H and O–H groups in total. The van der Waals surface area contributed by atoms with E-state index in [1.807, 2.05) is 6.92 Å². The molecule has 0 saturated carbocycles. The van der Waals surface area contributed by atoms with Crippen molar-refractivity contribution in [2.45, 2.75) is 6.92 Å². The number of hydrogen-bond donors (Lipinski definition) is 2. The van der Waals surface area contributed by atoms with E-state index in [4.69, 9.17) is 4.74 Å². The van der Waals surface area contributed by atoms with Crippen LogP contribution in [0.4, 0.5) is 4.39 Å². The maximum atomic E-state index is 13.3. The lowest BCUT2D eigenvalue weighted by Gasteiger charge is -2.09. The van der Waals surface area contributed by atoms with Crippen molar-refractivity contribution in [3.63, 3.8) is 0 Å². The summed E-state index contributed by atoms with van der Waals surface area (Å²) >= 11 is 0. The molecule has 2 rings (SSSR count). The minimum atomic E-state index is -0.594. The fraction of sp³-hybridized carbons (Fsp3) is 0.125. The summed E-state index contributed by atoms with van der Waals surface area (Å²) in [5.41, 5.74) is 5.90. The highest BCUT2D eigenvalue weighted by Gasteiger charge is 2.09. The molecule has 0 heterocycles. The van der Waals surface area contributed by atoms with Gasteiger partial charge in [-0.1, -0.05) is 29.8 Å². The molecule has 2 amide bonds. The van der Waals surface area contributed by atoms with Crippen LogP contribution in [0.1, 0.15) is 15.9 Å². The van der Waals surface area contributed by atoms with Crippen LogP contribution in [-0.4, -0.2) is 18.4 Å². The Labute approximate surface area is 127 Å². The van der Waals surface area contributed by atoms with Crippen LogP contribution < -0.4 is 15.6 Å². The molecule has 0 saturated heterocycles. The number of carbonyl (C=O) groups excluding carboxylic acids is 2. The topological polar surface area (TPSA) is 67.4 Å². The van der Waals surface area contributed by atoms with Gasteiger partial charge in [-0.05, 0) is 31.2 Å². The van der Waals surface area contributed by atoms with E-state index in [0.717, 1.165) is 5.56 Å². The molecule has 0 radical (unpaired) electrons. The van der Waals surface area contributed by atoms with Crippen molar-refractivity contribution in [1.82, 2.24) is 10.9 Å². The number of amides is 2. The Morgan fingerprint density at radius 2 is 1.73 bits per heavy atom. The summed E-state index contributed by atoms with van der Waals surface area (Å²) in [6, 6.07) is 12.6. The van der Waals surface area contributed by atoms with Crippen molar-refractivity contribution < 1.29 is 18.7 Å². The Morgan fingerprint density at radius 1 is 1.05 bits per heavy atom. The predicted molar refractivity (Wildman–Crippen MR) is 78.7 cm³/mol. The van der Waals surface area contributed by atoms with Crippen LogP contribution in [0, 0.1) is 12.7 Å². The average molecular weight is 302 g/mol. The Morgan fingerprint density at radius 3 is 2.41 bits per heavy atom. The molecule has 0 atom stereocenters. The molecule has 2 aromatic carbocycles. The number of rotatable bonds is 4. The van der Waals surface area contributed by atoms with Gasteiger partial charge >= 0.3 is 0 Å². The zero-order valence-electron chi connectivity index (χ0n) is 11.9. The summed E-state index contributed by atoms with van der Waals surface area (Å²) < 4.78 is 18.3. The summed E-state index contributed by atoms with van der Waals surface area (Å²) in [6.45, 7) is 1.50. The van der Waals surface area contributed by atoms with E-state index in [1.165, 1.54) is 18.2 Å². The number of halogens is 1. The summed E-state index contributed by atoms with van der Waals surface area (Å²) in [6.07, 6.45) is 0. The number of carbonyl (C=O) groups is 2. The van der Waals surface area contributed by atoms with Crippen LogP contribution >= 0.6 is 0 Å². The highest BCUT2D eigenvalue weighted by atomic mass is 19.1. The lowest BCUT2D eigenvalue weighted by atomic mass is 10.1. The van der Waals surface area contributed by atoms with E-state index in [2.05, 4.69) is 10.9 Å². The molecule has 0 fully saturated rings. The molecule has 2 aromatic rings. The van der Waals surface area contributed by atoms with Gasteiger partial charge in [-0.25, -0.2) is 4.39 Å². The van der Waals surface area contributed by atoms with E-state index in [-0.39, 0.29) is 5.75 Å². The molecule has 114 valence electrons. The van der Waals surface area contributed by atoms with E-state index < -0.39 is 24.2 Å². The third-order valence-corrected chi connectivity index (χ3v) is 2.82. The molecular weight excluding hydrogens is 287 g/mol. The maximum absolute atomic E-state index is 13.3. The third kappa shape index (κ3) is 4.31. The van der Waals surface area contributed by atoms with Crippen molar-refractivity contribution in [2.24, 2.45) is 0 Å². The summed E-state index contributed by atoms with van der Waals surface area (Å²) in [7, 11) is 0. The maximum Gasteiger partial charge on any atom is 0.276 e. The summed E-state index contributed by atoms with van der Waals surface area (Å²) in [4.78, 5) is 23.3. The normalized spacial score (nSPS) is 9.91. The van der Waals surface area contributed by atoms with Gasteiger partial charge < -0.3 is 4.74 Å². The van der Waals surface area contributed by atoms with Gasteiger partial charge in [0, 0.05) is 5.56 Å². The zero-order chi connectivity index (χ0) is 15.9. The van der Waals surface area contributed by atoms with Gasteiger partial charge in [0.05, 0.1) is 0 Å². The van der Waals surface area contributed by atoms with Crippen molar-refractivity contribution >= 4 is 11.8 Å². The first-order valence-electron chi connectivity index (χ1n) is 6.59. The van der Waals surface area contributed by atoms with Crippen molar-refractivity contribution in [2.75, 3.05) is 6.61 Å². The number of ether oxygens (including phenoxy) is 1. The van der Waals surface area contributed by atoms with Gasteiger partial charge in [0.15, 0.2) is 18.2 Å². The van der Waals surface area contributed by atoms with E-state index in [9.17, 15) is 14.0 Å². The van der Waals surface area contributed by atoms with Crippen LogP contribution in [0.25, 0.3) is 0 Å². The molecule has 22 heavy (non-hydrogen) atoms. The number of aryl methyl sites for hydroxylation is 1. The molecule has 0 aliphatic heterocycles. The third-order valence-electron chi connectivity index (χ3n) is 2.82. The van der Waals surface area contributed by atoms with Crippen molar-refractivity contribution in [3.8, 4) is 5.75 Å². The number of nitrogens with one attached hydrogen (secondary N) is 2. The Hall–Kier alpha value is -2.89. The first kappa shape index (κ1) is 15.5. The highest BCUT2D eigenvalue weighted by Crippen LogP contribution is 2.14. The summed E-state index contributed by atoms with van der Waals surface area (Å²) in [5.74, 6) is -1.62. The van der Waals surface area contributed by atoms with E-state index in [0.29, 0.717) is 5.56 Å². The van der Waals surface area contributed by atoms with Gasteiger partial charge in [0.25, 0.3) is 11.8 Å². The van der Waals surface area contributed by atoms with Crippen molar-refractivity contribution in [3.05, 3.63) is 65.5 Å². The van der Waals surface area contributed by atoms with Crippen LogP contribution in [0.2, 0.25) is 0 Å². The second-order valence-corrected chi connectivity index (χ2v) is 4.59. The molecule has 6 heteroatoms. The number of benzene rings is 2. The Bertz CT molecular complexity index is 671. The van der Waals surface area contributed by atoms with Crippen molar-refractivity contribution in [1.29, 1.82) is 0 Å². The minimum absolute atomic E-state index is 0.0255. The first-order chi connectivity index (χ1) is 10.6. The van der Waals surface area contributed by atoms with Gasteiger partial charge in [0.2, 0.25) is 0 Å². The Balaban J connectivity index is 1.79. The molecule has 0 bridgehead atoms. The number of hydrogen-bond acceptors (Lipinski definition) is 3. The molecule has 0 unspecified atom stereocenters. The van der Waals surface area contributed by atoms with Crippen LogP contribution in [-0.2, 0) is 4.79 Å². The van der Waals surface area contributed by atoms with Crippen LogP contribution in [0.3, 0.4) is 0 Å². The fourth-order valence-corrected chi connectivity index (χ4v) is 1.64. The fourth-order valence-electron chi connectivity index (χ4n) is 1.64. The van der Waals surface area contributed by atoms with Gasteiger partial charge in [-0.2, -0.15) is 0 Å². The quantitative estimate of drug-likeness (QED) is 0.849. The molecular formula is C16H15FN2O3. The standard InChI is InChI=1S/C16H15FN2O3/c1-11-6-8-12(9-7-11)16(21)19-18-15(20)10-22-14-5-3-2-4-13(14)17/h2-9H,10H2,1H3,(H,18,20)(H,19,21). The smallest absolute Gasteiger partial charge is 0.276 e. The highest BCUT2D eigenvalue weighted by molar-refractivity contribution is 5.95. The summed E-state index contributed by atoms with van der Waals surface area (Å²) in [5, 5.41) is 0. The Kier molecular flexibility index (Phi) is 5.08. The predicted octanol–water partition coefficient (Wildman–Crippen LogP) is 1.97. The lowest BCUT2D eigenvalue weighted by Crippen LogP contribution is -2.43. The average Bonchev–Trinajstić information content (AvgIpc) is 2.52. The van der Waals surface area contributed by atoms with Gasteiger partial charge in [-0.3, -0.25) is 20.4 Å². The van der Waals surface area contributed by atoms with Gasteiger partial charge in [-0.15, -0.1) is 0 Å². The minimum Gasteiger partial charge on any atom is -0.481 e. The SMILES string of the molecule is Cc1ccc(C(=O)NNC(=O)COc2ccccc2F)cc1. The molecule has 0 aliphatic carbocycles. The van der Waals surface area contributed by atoms with Crippen LogP contribution in [0.15, 0.2) is 48.5 Å². The molecule has 0 spiro atoms. The first-order valence-corrected chi connectivity index (χ1v) is 6.59. The lowest BCUT2D eigenvalue weighted by molar-refractivity contribution is -0.123. The zero-order valence-corrected chi connectivity index (χ0v) is 11.9. The largest absolute Gasteiger partial charge is 0.481 e. The monoisotopic (exact) mass is 302 g/mol. The number of para-hydroxylation sites is 1. The van der Waals surface area contributed by atoms with E-state index in [1.54, 1.807) is 30.3 Å².